The van der Waals surface area contributed by atoms with Gasteiger partial charge in [0.05, 0.1) is 17.4 Å². The summed E-state index contributed by atoms with van der Waals surface area (Å²) in [5.74, 6) is -2.42. The van der Waals surface area contributed by atoms with Crippen molar-refractivity contribution in [3.63, 3.8) is 0 Å². The van der Waals surface area contributed by atoms with E-state index in [2.05, 4.69) is 20.6 Å². The maximum absolute atomic E-state index is 14.9. The largest absolute Gasteiger partial charge is 0.387 e. The van der Waals surface area contributed by atoms with Crippen LogP contribution in [0.4, 0.5) is 20.3 Å². The number of fused-ring (bicyclic) bond motifs is 1. The Morgan fingerprint density at radius 1 is 1.28 bits per heavy atom. The van der Waals surface area contributed by atoms with Gasteiger partial charge in [-0.15, -0.1) is 0 Å². The highest BCUT2D eigenvalue weighted by Crippen LogP contribution is 2.42. The number of pyridine rings is 2. The third kappa shape index (κ3) is 3.54. The number of carbonyl (C=O) groups excluding carboxylic acids is 1. The molecule has 0 spiro atoms. The molecule has 0 saturated carbocycles. The first kappa shape index (κ1) is 18.9. The van der Waals surface area contributed by atoms with Crippen molar-refractivity contribution in [2.75, 3.05) is 17.2 Å². The zero-order valence-corrected chi connectivity index (χ0v) is 15.5. The SMILES string of the molecule is CC(=O)Nc1ccc(F)c(C(O)C2CNc3ncc(-c4cccnc4)cc32)c1F. The topological polar surface area (TPSA) is 87.1 Å². The first-order valence-electron chi connectivity index (χ1n) is 9.03. The molecule has 0 fully saturated rings. The number of aliphatic hydroxyl groups is 1. The standard InChI is InChI=1S/C21H18F2N4O2/c1-11(28)27-17-5-4-16(22)18(19(17)23)20(29)15-10-26-21-14(15)7-13(9-25-21)12-3-2-6-24-8-12/h2-9,15,20,29H,10H2,1H3,(H,25,26)(H,27,28). The molecule has 2 atom stereocenters. The molecule has 0 saturated heterocycles. The fourth-order valence-electron chi connectivity index (χ4n) is 3.53. The van der Waals surface area contributed by atoms with E-state index in [0.717, 1.165) is 23.3 Å². The van der Waals surface area contributed by atoms with E-state index in [0.29, 0.717) is 11.4 Å². The second-order valence-corrected chi connectivity index (χ2v) is 6.84. The van der Waals surface area contributed by atoms with E-state index in [-0.39, 0.29) is 12.2 Å². The van der Waals surface area contributed by atoms with Crippen molar-refractivity contribution in [2.24, 2.45) is 0 Å². The number of aromatic nitrogens is 2. The molecule has 4 rings (SSSR count). The molecule has 3 aromatic rings. The Balaban J connectivity index is 1.72. The number of amides is 1. The van der Waals surface area contributed by atoms with E-state index in [1.165, 1.54) is 6.92 Å². The lowest BCUT2D eigenvalue weighted by Gasteiger charge is -2.21. The second kappa shape index (κ2) is 7.56. The van der Waals surface area contributed by atoms with Gasteiger partial charge in [-0.3, -0.25) is 9.78 Å². The fraction of sp³-hybridized carbons (Fsp3) is 0.190. The smallest absolute Gasteiger partial charge is 0.221 e. The highest BCUT2D eigenvalue weighted by molar-refractivity contribution is 5.88. The van der Waals surface area contributed by atoms with Gasteiger partial charge >= 0.3 is 0 Å². The molecule has 8 heteroatoms. The lowest BCUT2D eigenvalue weighted by Crippen LogP contribution is -2.17. The molecule has 3 heterocycles. The molecule has 0 radical (unpaired) electrons. The molecule has 148 valence electrons. The van der Waals surface area contributed by atoms with E-state index < -0.39 is 35.1 Å². The van der Waals surface area contributed by atoms with Crippen LogP contribution in [0.25, 0.3) is 11.1 Å². The summed E-state index contributed by atoms with van der Waals surface area (Å²) in [6.07, 6.45) is 3.55. The Labute approximate surface area is 165 Å². The Morgan fingerprint density at radius 2 is 2.10 bits per heavy atom. The highest BCUT2D eigenvalue weighted by atomic mass is 19.1. The molecule has 6 nitrogen and oxygen atoms in total. The molecular formula is C21H18F2N4O2. The maximum Gasteiger partial charge on any atom is 0.221 e. The molecular weight excluding hydrogens is 378 g/mol. The van der Waals surface area contributed by atoms with Gasteiger partial charge in [0.15, 0.2) is 5.82 Å². The lowest BCUT2D eigenvalue weighted by atomic mass is 9.89. The van der Waals surface area contributed by atoms with Crippen molar-refractivity contribution in [1.82, 2.24) is 9.97 Å². The van der Waals surface area contributed by atoms with Crippen LogP contribution in [0.15, 0.2) is 48.9 Å². The molecule has 29 heavy (non-hydrogen) atoms. The van der Waals surface area contributed by atoms with E-state index in [1.54, 1.807) is 24.7 Å². The fourth-order valence-corrected chi connectivity index (χ4v) is 3.53. The third-order valence-corrected chi connectivity index (χ3v) is 4.92. The third-order valence-electron chi connectivity index (χ3n) is 4.92. The van der Waals surface area contributed by atoms with Gasteiger partial charge in [-0.25, -0.2) is 13.8 Å². The minimum atomic E-state index is -1.47. The molecule has 0 aliphatic carbocycles. The van der Waals surface area contributed by atoms with Gasteiger partial charge in [-0.1, -0.05) is 6.07 Å². The summed E-state index contributed by atoms with van der Waals surface area (Å²) >= 11 is 0. The van der Waals surface area contributed by atoms with Gasteiger partial charge in [0.1, 0.15) is 11.6 Å². The Morgan fingerprint density at radius 3 is 2.83 bits per heavy atom. The first-order valence-corrected chi connectivity index (χ1v) is 9.03. The zero-order valence-electron chi connectivity index (χ0n) is 15.5. The van der Waals surface area contributed by atoms with Crippen LogP contribution in [0, 0.1) is 11.6 Å². The normalized spacial score (nSPS) is 16.1. The molecule has 1 aromatic carbocycles. The summed E-state index contributed by atoms with van der Waals surface area (Å²) in [4.78, 5) is 19.7. The average molecular weight is 396 g/mol. The number of halogens is 2. The first-order chi connectivity index (χ1) is 14.0. The number of nitrogens with zero attached hydrogens (tertiary/aromatic N) is 2. The summed E-state index contributed by atoms with van der Waals surface area (Å²) in [5, 5.41) is 16.2. The minimum Gasteiger partial charge on any atom is -0.387 e. The van der Waals surface area contributed by atoms with Gasteiger partial charge < -0.3 is 15.7 Å². The molecule has 2 aromatic heterocycles. The Hall–Kier alpha value is -3.39. The van der Waals surface area contributed by atoms with Crippen molar-refractivity contribution in [1.29, 1.82) is 0 Å². The number of benzene rings is 1. The molecule has 1 amide bonds. The van der Waals surface area contributed by atoms with Crippen LogP contribution >= 0.6 is 0 Å². The van der Waals surface area contributed by atoms with E-state index >= 15 is 0 Å². The van der Waals surface area contributed by atoms with E-state index in [9.17, 15) is 18.7 Å². The van der Waals surface area contributed by atoms with Gasteiger partial charge in [0, 0.05) is 54.7 Å². The summed E-state index contributed by atoms with van der Waals surface area (Å²) in [5.41, 5.74) is 1.62. The maximum atomic E-state index is 14.9. The van der Waals surface area contributed by atoms with Crippen molar-refractivity contribution in [3.05, 3.63) is 71.7 Å². The predicted molar refractivity (Wildman–Crippen MR) is 104 cm³/mol. The highest BCUT2D eigenvalue weighted by Gasteiger charge is 2.34. The van der Waals surface area contributed by atoms with Crippen molar-refractivity contribution < 1.29 is 18.7 Å². The van der Waals surface area contributed by atoms with Gasteiger partial charge in [0.2, 0.25) is 5.91 Å². The molecule has 2 unspecified atom stereocenters. The lowest BCUT2D eigenvalue weighted by molar-refractivity contribution is -0.114. The van der Waals surface area contributed by atoms with Crippen LogP contribution in [0.5, 0.6) is 0 Å². The molecule has 1 aliphatic rings. The summed E-state index contributed by atoms with van der Waals surface area (Å²) in [6.45, 7) is 1.49. The quantitative estimate of drug-likeness (QED) is 0.627. The van der Waals surface area contributed by atoms with Crippen LogP contribution in [-0.4, -0.2) is 27.5 Å². The number of carbonyl (C=O) groups is 1. The summed E-state index contributed by atoms with van der Waals surface area (Å²) in [7, 11) is 0. The Bertz CT molecular complexity index is 1080. The number of aliphatic hydroxyl groups excluding tert-OH is 1. The van der Waals surface area contributed by atoms with Crippen molar-refractivity contribution in [3.8, 4) is 11.1 Å². The van der Waals surface area contributed by atoms with Crippen molar-refractivity contribution >= 4 is 17.4 Å². The zero-order chi connectivity index (χ0) is 20.5. The van der Waals surface area contributed by atoms with Crippen LogP contribution in [0.3, 0.4) is 0 Å². The summed E-state index contributed by atoms with van der Waals surface area (Å²) < 4.78 is 29.3. The molecule has 1 aliphatic heterocycles. The second-order valence-electron chi connectivity index (χ2n) is 6.84. The van der Waals surface area contributed by atoms with E-state index in [1.807, 2.05) is 12.1 Å². The summed E-state index contributed by atoms with van der Waals surface area (Å²) in [6, 6.07) is 7.66. The van der Waals surface area contributed by atoms with Gasteiger partial charge in [-0.2, -0.15) is 0 Å². The molecule has 3 N–H and O–H groups in total. The van der Waals surface area contributed by atoms with Gasteiger partial charge in [0.25, 0.3) is 0 Å². The molecule has 0 bridgehead atoms. The average Bonchev–Trinajstić information content (AvgIpc) is 3.14. The van der Waals surface area contributed by atoms with E-state index in [4.69, 9.17) is 0 Å². The van der Waals surface area contributed by atoms with Crippen LogP contribution in [-0.2, 0) is 4.79 Å². The number of hydrogen-bond acceptors (Lipinski definition) is 5. The minimum absolute atomic E-state index is 0.179. The van der Waals surface area contributed by atoms with Crippen LogP contribution in [0.2, 0.25) is 0 Å². The number of rotatable bonds is 4. The number of nitrogens with one attached hydrogen (secondary N) is 2. The van der Waals surface area contributed by atoms with Crippen LogP contribution in [0.1, 0.15) is 30.1 Å². The number of hydrogen-bond donors (Lipinski definition) is 3. The van der Waals surface area contributed by atoms with Crippen molar-refractivity contribution in [2.45, 2.75) is 18.9 Å². The monoisotopic (exact) mass is 396 g/mol. The van der Waals surface area contributed by atoms with Gasteiger partial charge in [-0.05, 0) is 24.3 Å². The Kier molecular flexibility index (Phi) is 4.94. The number of anilines is 2. The predicted octanol–water partition coefficient (Wildman–Crippen LogP) is 3.62. The van der Waals surface area contributed by atoms with Crippen LogP contribution < -0.4 is 10.6 Å².